The van der Waals surface area contributed by atoms with E-state index in [0.29, 0.717) is 29.2 Å². The van der Waals surface area contributed by atoms with Gasteiger partial charge in [-0.25, -0.2) is 4.39 Å². The van der Waals surface area contributed by atoms with Crippen molar-refractivity contribution in [3.8, 4) is 5.75 Å². The molecule has 0 saturated carbocycles. The maximum atomic E-state index is 14.2. The third kappa shape index (κ3) is 4.61. The number of likely N-dealkylation sites (tertiary alicyclic amines) is 1. The molecule has 3 heterocycles. The molecule has 0 unspecified atom stereocenters. The number of furan rings is 1. The first-order valence-electron chi connectivity index (χ1n) is 10.7. The van der Waals surface area contributed by atoms with Crippen molar-refractivity contribution >= 4 is 11.9 Å². The van der Waals surface area contributed by atoms with Gasteiger partial charge >= 0.3 is 5.97 Å². The Hall–Kier alpha value is -3.65. The van der Waals surface area contributed by atoms with Crippen LogP contribution in [0, 0.1) is 11.7 Å². The van der Waals surface area contributed by atoms with E-state index in [-0.39, 0.29) is 32.1 Å². The summed E-state index contributed by atoms with van der Waals surface area (Å²) in [5.41, 5.74) is 1.80. The van der Waals surface area contributed by atoms with Crippen LogP contribution in [-0.2, 0) is 38.8 Å². The van der Waals surface area contributed by atoms with Gasteiger partial charge in [-0.3, -0.25) is 9.59 Å². The summed E-state index contributed by atoms with van der Waals surface area (Å²) in [5, 5.41) is 0. The summed E-state index contributed by atoms with van der Waals surface area (Å²) in [7, 11) is 0. The second kappa shape index (κ2) is 9.07. The predicted octanol–water partition coefficient (Wildman–Crippen LogP) is 4.12. The van der Waals surface area contributed by atoms with Gasteiger partial charge in [0.15, 0.2) is 0 Å². The highest BCUT2D eigenvalue weighted by Crippen LogP contribution is 2.37. The van der Waals surface area contributed by atoms with E-state index in [1.54, 1.807) is 17.0 Å². The number of carbonyl (C=O) groups is 2. The zero-order valence-electron chi connectivity index (χ0n) is 17.7. The first kappa shape index (κ1) is 21.2. The smallest absolute Gasteiger partial charge is 0.311 e. The van der Waals surface area contributed by atoms with Crippen molar-refractivity contribution in [2.24, 2.45) is 5.92 Å². The highest BCUT2D eigenvalue weighted by Gasteiger charge is 2.36. The van der Waals surface area contributed by atoms with Crippen LogP contribution in [-0.4, -0.2) is 23.3 Å². The van der Waals surface area contributed by atoms with E-state index in [1.807, 2.05) is 30.3 Å². The summed E-state index contributed by atoms with van der Waals surface area (Å²) >= 11 is 0. The van der Waals surface area contributed by atoms with Crippen LogP contribution in [0.1, 0.15) is 35.2 Å². The van der Waals surface area contributed by atoms with Crippen molar-refractivity contribution in [2.45, 2.75) is 32.5 Å². The quantitative estimate of drug-likeness (QED) is 0.525. The van der Waals surface area contributed by atoms with Crippen molar-refractivity contribution in [1.29, 1.82) is 0 Å². The molecule has 0 spiro atoms. The van der Waals surface area contributed by atoms with Crippen LogP contribution in [0.5, 0.6) is 5.75 Å². The Morgan fingerprint density at radius 2 is 2.00 bits per heavy atom. The summed E-state index contributed by atoms with van der Waals surface area (Å²) in [6.07, 6.45) is 0.971. The third-order valence-corrected chi connectivity index (χ3v) is 5.74. The van der Waals surface area contributed by atoms with Crippen LogP contribution in [0.3, 0.4) is 0 Å². The topological polar surface area (TPSA) is 78.2 Å². The molecule has 2 aromatic carbocycles. The molecule has 7 nitrogen and oxygen atoms in total. The number of carbonyl (C=O) groups excluding carboxylic acids is 2. The highest BCUT2D eigenvalue weighted by molar-refractivity contribution is 5.86. The molecule has 0 aliphatic carbocycles. The number of nitrogens with zero attached hydrogens (tertiary/aromatic N) is 1. The van der Waals surface area contributed by atoms with Gasteiger partial charge < -0.3 is 23.5 Å². The van der Waals surface area contributed by atoms with Crippen LogP contribution < -0.4 is 4.74 Å². The Morgan fingerprint density at radius 1 is 1.15 bits per heavy atom. The van der Waals surface area contributed by atoms with Crippen molar-refractivity contribution in [3.05, 3.63) is 89.1 Å². The lowest BCUT2D eigenvalue weighted by Gasteiger charge is -2.28. The van der Waals surface area contributed by atoms with Crippen LogP contribution in [0.25, 0.3) is 0 Å². The summed E-state index contributed by atoms with van der Waals surface area (Å²) in [4.78, 5) is 26.5. The van der Waals surface area contributed by atoms with E-state index in [4.69, 9.17) is 18.6 Å². The fourth-order valence-corrected chi connectivity index (χ4v) is 4.10. The molecule has 1 fully saturated rings. The number of benzene rings is 2. The molecule has 2 aliphatic heterocycles. The molecule has 2 aliphatic rings. The molecule has 170 valence electrons. The predicted molar refractivity (Wildman–Crippen MR) is 113 cm³/mol. The molecular weight excluding hydrogens is 429 g/mol. The van der Waals surface area contributed by atoms with E-state index in [1.165, 1.54) is 18.4 Å². The van der Waals surface area contributed by atoms with Crippen LogP contribution >= 0.6 is 0 Å². The van der Waals surface area contributed by atoms with E-state index in [9.17, 15) is 14.0 Å². The van der Waals surface area contributed by atoms with Crippen LogP contribution in [0.2, 0.25) is 0 Å². The second-order valence-electron chi connectivity index (χ2n) is 8.09. The standard InChI is InChI=1S/C25H22FNO6/c26-20-9-18(23-19(10-20)15-32-25(33-23)16-5-2-1-3-6-16)14-31-24(29)17-11-22(28)27(12-17)13-21-7-4-8-30-21/h1-10,17,25H,11-15H2/t17-,25+/m1/s1. The lowest BCUT2D eigenvalue weighted by Crippen LogP contribution is -2.26. The molecule has 3 aromatic rings. The molecule has 0 radical (unpaired) electrons. The summed E-state index contributed by atoms with van der Waals surface area (Å²) in [6, 6.07) is 15.6. The Morgan fingerprint density at radius 3 is 2.79 bits per heavy atom. The van der Waals surface area contributed by atoms with Gasteiger partial charge in [-0.05, 0) is 24.3 Å². The summed E-state index contributed by atoms with van der Waals surface area (Å²) < 4.78 is 36.7. The van der Waals surface area contributed by atoms with E-state index < -0.39 is 24.0 Å². The van der Waals surface area contributed by atoms with E-state index in [2.05, 4.69) is 0 Å². The first-order chi connectivity index (χ1) is 16.1. The molecular formula is C25H22FNO6. The van der Waals surface area contributed by atoms with Gasteiger partial charge in [-0.15, -0.1) is 0 Å². The average molecular weight is 451 g/mol. The Bertz CT molecular complexity index is 1150. The second-order valence-corrected chi connectivity index (χ2v) is 8.09. The van der Waals surface area contributed by atoms with Gasteiger partial charge in [0.1, 0.15) is 23.9 Å². The number of fused-ring (bicyclic) bond motifs is 1. The zero-order valence-corrected chi connectivity index (χ0v) is 17.7. The minimum atomic E-state index is -0.638. The number of esters is 1. The maximum Gasteiger partial charge on any atom is 0.311 e. The number of rotatable bonds is 6. The molecule has 2 atom stereocenters. The normalized spacial score (nSPS) is 19.8. The highest BCUT2D eigenvalue weighted by atomic mass is 19.1. The lowest BCUT2D eigenvalue weighted by atomic mass is 10.1. The molecule has 1 amide bonds. The van der Waals surface area contributed by atoms with Gasteiger partial charge in [-0.1, -0.05) is 30.3 Å². The van der Waals surface area contributed by atoms with Gasteiger partial charge in [0.2, 0.25) is 12.2 Å². The van der Waals surface area contributed by atoms with Crippen molar-refractivity contribution in [1.82, 2.24) is 4.90 Å². The molecule has 0 bridgehead atoms. The van der Waals surface area contributed by atoms with Gasteiger partial charge in [-0.2, -0.15) is 0 Å². The largest absolute Gasteiger partial charge is 0.467 e. The molecule has 33 heavy (non-hydrogen) atoms. The van der Waals surface area contributed by atoms with Crippen LogP contribution in [0.4, 0.5) is 4.39 Å². The molecule has 5 rings (SSSR count). The van der Waals surface area contributed by atoms with Gasteiger partial charge in [0.25, 0.3) is 0 Å². The van der Waals surface area contributed by atoms with Gasteiger partial charge in [0.05, 0.1) is 25.3 Å². The number of hydrogen-bond donors (Lipinski definition) is 0. The van der Waals surface area contributed by atoms with Crippen molar-refractivity contribution in [3.63, 3.8) is 0 Å². The number of ether oxygens (including phenoxy) is 3. The monoisotopic (exact) mass is 451 g/mol. The Kier molecular flexibility index (Phi) is 5.83. The lowest BCUT2D eigenvalue weighted by molar-refractivity contribution is -0.150. The number of hydrogen-bond acceptors (Lipinski definition) is 6. The third-order valence-electron chi connectivity index (χ3n) is 5.74. The maximum absolute atomic E-state index is 14.2. The average Bonchev–Trinajstić information content (AvgIpc) is 3.47. The molecule has 0 N–H and O–H groups in total. The summed E-state index contributed by atoms with van der Waals surface area (Å²) in [5.74, 6) is -0.594. The van der Waals surface area contributed by atoms with E-state index in [0.717, 1.165) is 5.56 Å². The fourth-order valence-electron chi connectivity index (χ4n) is 4.10. The van der Waals surface area contributed by atoms with Gasteiger partial charge in [0, 0.05) is 29.7 Å². The number of halogens is 1. The van der Waals surface area contributed by atoms with Crippen molar-refractivity contribution in [2.75, 3.05) is 6.54 Å². The fraction of sp³-hybridized carbons (Fsp3) is 0.280. The number of amides is 1. The summed E-state index contributed by atoms with van der Waals surface area (Å²) in [6.45, 7) is 0.567. The molecule has 1 saturated heterocycles. The Labute approximate surface area is 189 Å². The minimum absolute atomic E-state index is 0.0707. The van der Waals surface area contributed by atoms with Crippen molar-refractivity contribution < 1.29 is 32.6 Å². The SMILES string of the molecule is O=C(OCc1cc(F)cc2c1O[C@@H](c1ccccc1)OC2)[C@@H]1CC(=O)N(Cc2ccco2)C1. The zero-order chi connectivity index (χ0) is 22.8. The molecule has 1 aromatic heterocycles. The van der Waals surface area contributed by atoms with Crippen LogP contribution in [0.15, 0.2) is 65.3 Å². The molecule has 8 heteroatoms. The van der Waals surface area contributed by atoms with E-state index >= 15 is 0 Å². The first-order valence-corrected chi connectivity index (χ1v) is 10.7. The minimum Gasteiger partial charge on any atom is -0.467 e. The Balaban J connectivity index is 1.25.